The summed E-state index contributed by atoms with van der Waals surface area (Å²) in [6.07, 6.45) is 0. The van der Waals surface area contributed by atoms with Gasteiger partial charge in [-0.3, -0.25) is 4.79 Å². The Morgan fingerprint density at radius 1 is 1.00 bits per heavy atom. The fourth-order valence-electron chi connectivity index (χ4n) is 1.66. The lowest BCUT2D eigenvalue weighted by atomic mass is 10.1. The number of hydrogen-bond acceptors (Lipinski definition) is 3. The second-order valence-corrected chi connectivity index (χ2v) is 4.12. The van der Waals surface area contributed by atoms with Crippen LogP contribution in [0.4, 0.5) is 14.5 Å². The van der Waals surface area contributed by atoms with Crippen molar-refractivity contribution in [2.24, 2.45) is 0 Å². The van der Waals surface area contributed by atoms with Gasteiger partial charge in [0.1, 0.15) is 17.4 Å². The summed E-state index contributed by atoms with van der Waals surface area (Å²) in [5.74, 6) is -4.45. The Balaban J connectivity index is 2.29. The van der Waals surface area contributed by atoms with Crippen LogP contribution in [0, 0.1) is 11.6 Å². The number of carbonyl (C=O) groups is 2. The van der Waals surface area contributed by atoms with Crippen molar-refractivity contribution in [3.63, 3.8) is 0 Å². The Morgan fingerprint density at radius 3 is 2.38 bits per heavy atom. The maximum absolute atomic E-state index is 13.2. The molecule has 0 aromatic heterocycles. The lowest BCUT2D eigenvalue weighted by molar-refractivity contribution is 0.0691. The second-order valence-electron chi connectivity index (χ2n) is 4.12. The average Bonchev–Trinajstić information content (AvgIpc) is 2.43. The summed E-state index contributed by atoms with van der Waals surface area (Å²) >= 11 is 0. The standard InChI is InChI=1S/C14H9F2NO4/c15-7-1-4-12(18)10(5-7)13(19)17-8-2-3-11(16)9(6-8)14(20)21/h1-6,18H,(H,17,19)(H,20,21). The molecule has 0 atom stereocenters. The normalized spacial score (nSPS) is 10.2. The zero-order chi connectivity index (χ0) is 15.6. The number of nitrogens with one attached hydrogen (secondary N) is 1. The predicted molar refractivity (Wildman–Crippen MR) is 69.4 cm³/mol. The molecule has 2 rings (SSSR count). The predicted octanol–water partition coefficient (Wildman–Crippen LogP) is 2.62. The van der Waals surface area contributed by atoms with Gasteiger partial charge in [0.05, 0.1) is 11.1 Å². The molecule has 0 fully saturated rings. The fraction of sp³-hybridized carbons (Fsp3) is 0. The molecule has 0 radical (unpaired) electrons. The number of phenolic OH excluding ortho intramolecular Hbond substituents is 1. The van der Waals surface area contributed by atoms with Crippen molar-refractivity contribution in [1.82, 2.24) is 0 Å². The summed E-state index contributed by atoms with van der Waals surface area (Å²) in [7, 11) is 0. The summed E-state index contributed by atoms with van der Waals surface area (Å²) in [5, 5.41) is 20.5. The minimum atomic E-state index is -1.49. The number of hydrogen-bond donors (Lipinski definition) is 3. The van der Waals surface area contributed by atoms with Crippen LogP contribution in [0.3, 0.4) is 0 Å². The van der Waals surface area contributed by atoms with Crippen LogP contribution in [0.5, 0.6) is 5.75 Å². The summed E-state index contributed by atoms with van der Waals surface area (Å²) in [6.45, 7) is 0. The molecule has 2 aromatic carbocycles. The van der Waals surface area contributed by atoms with E-state index in [4.69, 9.17) is 5.11 Å². The number of carboxylic acids is 1. The Morgan fingerprint density at radius 2 is 1.71 bits per heavy atom. The van der Waals surface area contributed by atoms with Gasteiger partial charge >= 0.3 is 5.97 Å². The number of benzene rings is 2. The van der Waals surface area contributed by atoms with Crippen LogP contribution in [0.2, 0.25) is 0 Å². The maximum Gasteiger partial charge on any atom is 0.338 e. The Bertz CT molecular complexity index is 731. The summed E-state index contributed by atoms with van der Waals surface area (Å²) in [4.78, 5) is 22.7. The van der Waals surface area contributed by atoms with E-state index in [1.807, 2.05) is 0 Å². The van der Waals surface area contributed by atoms with Crippen molar-refractivity contribution in [3.8, 4) is 5.75 Å². The number of anilines is 1. The monoisotopic (exact) mass is 293 g/mol. The minimum Gasteiger partial charge on any atom is -0.507 e. The molecule has 0 bridgehead atoms. The largest absolute Gasteiger partial charge is 0.507 e. The van der Waals surface area contributed by atoms with Crippen molar-refractivity contribution in [1.29, 1.82) is 0 Å². The van der Waals surface area contributed by atoms with E-state index >= 15 is 0 Å². The summed E-state index contributed by atoms with van der Waals surface area (Å²) < 4.78 is 26.3. The second kappa shape index (κ2) is 5.58. The van der Waals surface area contributed by atoms with Crippen LogP contribution in [0.25, 0.3) is 0 Å². The van der Waals surface area contributed by atoms with Gasteiger partial charge in [-0.25, -0.2) is 13.6 Å². The van der Waals surface area contributed by atoms with Gasteiger partial charge in [0, 0.05) is 5.69 Å². The SMILES string of the molecule is O=C(Nc1ccc(F)c(C(=O)O)c1)c1cc(F)ccc1O. The first kappa shape index (κ1) is 14.4. The number of phenols is 1. The smallest absolute Gasteiger partial charge is 0.338 e. The molecule has 0 aliphatic heterocycles. The maximum atomic E-state index is 13.2. The number of halogens is 2. The Hall–Kier alpha value is -2.96. The number of carbonyl (C=O) groups excluding carboxylic acids is 1. The van der Waals surface area contributed by atoms with E-state index in [2.05, 4.69) is 5.32 Å². The van der Waals surface area contributed by atoms with Crippen molar-refractivity contribution in [2.75, 3.05) is 5.32 Å². The molecular formula is C14H9F2NO4. The summed E-state index contributed by atoms with van der Waals surface area (Å²) in [6, 6.07) is 5.77. The van der Waals surface area contributed by atoms with Gasteiger partial charge in [-0.2, -0.15) is 0 Å². The van der Waals surface area contributed by atoms with E-state index in [-0.39, 0.29) is 11.3 Å². The minimum absolute atomic E-state index is 0.00228. The van der Waals surface area contributed by atoms with Crippen LogP contribution in [-0.4, -0.2) is 22.1 Å². The first-order valence-electron chi connectivity index (χ1n) is 5.71. The molecule has 0 heterocycles. The molecule has 2 aromatic rings. The van der Waals surface area contributed by atoms with Crippen molar-refractivity contribution >= 4 is 17.6 Å². The number of amides is 1. The molecule has 3 N–H and O–H groups in total. The lowest BCUT2D eigenvalue weighted by Crippen LogP contribution is -2.13. The highest BCUT2D eigenvalue weighted by atomic mass is 19.1. The molecule has 0 spiro atoms. The van der Waals surface area contributed by atoms with E-state index in [0.717, 1.165) is 36.4 Å². The van der Waals surface area contributed by atoms with E-state index in [9.17, 15) is 23.5 Å². The Kier molecular flexibility index (Phi) is 3.84. The molecule has 5 nitrogen and oxygen atoms in total. The first-order chi connectivity index (χ1) is 9.88. The van der Waals surface area contributed by atoms with Crippen LogP contribution in [-0.2, 0) is 0 Å². The molecule has 0 unspecified atom stereocenters. The molecule has 7 heteroatoms. The van der Waals surface area contributed by atoms with Crippen LogP contribution < -0.4 is 5.32 Å². The molecule has 108 valence electrons. The van der Waals surface area contributed by atoms with E-state index in [1.54, 1.807) is 0 Å². The summed E-state index contributed by atoms with van der Waals surface area (Å²) in [5.41, 5.74) is -0.935. The van der Waals surface area contributed by atoms with Crippen LogP contribution in [0.15, 0.2) is 36.4 Å². The van der Waals surface area contributed by atoms with E-state index in [0.29, 0.717) is 0 Å². The van der Waals surface area contributed by atoms with Crippen molar-refractivity contribution in [3.05, 3.63) is 59.2 Å². The molecular weight excluding hydrogens is 284 g/mol. The molecule has 0 saturated carbocycles. The third-order valence-corrected chi connectivity index (χ3v) is 2.66. The quantitative estimate of drug-likeness (QED) is 0.812. The van der Waals surface area contributed by atoms with Crippen LogP contribution in [0.1, 0.15) is 20.7 Å². The molecule has 0 aliphatic rings. The fourth-order valence-corrected chi connectivity index (χ4v) is 1.66. The highest BCUT2D eigenvalue weighted by Crippen LogP contribution is 2.21. The molecule has 0 aliphatic carbocycles. The number of aromatic hydroxyl groups is 1. The van der Waals surface area contributed by atoms with Gasteiger partial charge in [-0.15, -0.1) is 0 Å². The van der Waals surface area contributed by atoms with Gasteiger partial charge < -0.3 is 15.5 Å². The van der Waals surface area contributed by atoms with Gasteiger partial charge in [-0.1, -0.05) is 0 Å². The third kappa shape index (κ3) is 3.14. The van der Waals surface area contributed by atoms with Crippen molar-refractivity contribution < 1.29 is 28.6 Å². The van der Waals surface area contributed by atoms with Gasteiger partial charge in [0.25, 0.3) is 5.91 Å². The van der Waals surface area contributed by atoms with Crippen LogP contribution >= 0.6 is 0 Å². The molecule has 21 heavy (non-hydrogen) atoms. The van der Waals surface area contributed by atoms with Gasteiger partial charge in [0.15, 0.2) is 0 Å². The number of aromatic carboxylic acids is 1. The third-order valence-electron chi connectivity index (χ3n) is 2.66. The van der Waals surface area contributed by atoms with E-state index < -0.39 is 34.8 Å². The average molecular weight is 293 g/mol. The number of rotatable bonds is 3. The Labute approximate surface area is 117 Å². The zero-order valence-corrected chi connectivity index (χ0v) is 10.4. The highest BCUT2D eigenvalue weighted by molar-refractivity contribution is 6.06. The highest BCUT2D eigenvalue weighted by Gasteiger charge is 2.15. The van der Waals surface area contributed by atoms with Crippen molar-refractivity contribution in [2.45, 2.75) is 0 Å². The molecule has 1 amide bonds. The zero-order valence-electron chi connectivity index (χ0n) is 10.4. The van der Waals surface area contributed by atoms with Gasteiger partial charge in [-0.05, 0) is 36.4 Å². The van der Waals surface area contributed by atoms with E-state index in [1.165, 1.54) is 0 Å². The van der Waals surface area contributed by atoms with Gasteiger partial charge in [0.2, 0.25) is 0 Å². The number of carboxylic acid groups (broad SMARTS) is 1. The first-order valence-corrected chi connectivity index (χ1v) is 5.71. The topological polar surface area (TPSA) is 86.6 Å². The lowest BCUT2D eigenvalue weighted by Gasteiger charge is -2.08. The molecule has 0 saturated heterocycles.